The summed E-state index contributed by atoms with van der Waals surface area (Å²) in [6.07, 6.45) is 1.01. The van der Waals surface area contributed by atoms with Crippen LogP contribution in [0.4, 0.5) is 4.39 Å². The minimum atomic E-state index is -3.21. The van der Waals surface area contributed by atoms with Crippen molar-refractivity contribution in [2.24, 2.45) is 5.92 Å². The van der Waals surface area contributed by atoms with E-state index in [4.69, 9.17) is 9.47 Å². The van der Waals surface area contributed by atoms with Crippen molar-refractivity contribution >= 4 is 10.0 Å². The van der Waals surface area contributed by atoms with E-state index in [1.807, 2.05) is 12.1 Å². The standard InChI is InChI=1S/C17H26FNO4S/c1-3-24(20,21)19-17-10-11-22-12-15(17)7-4-14-5-8-16(9-6-14)23-13(2)18/h5-6,8-9,13,15,17,19H,3-4,7,10-12H2,1-2H3/t13?,15-,17?/m0/s1. The van der Waals surface area contributed by atoms with Gasteiger partial charge in [-0.05, 0) is 49.8 Å². The molecule has 1 fully saturated rings. The minimum absolute atomic E-state index is 0.0707. The first-order valence-corrected chi connectivity index (χ1v) is 10.0. The lowest BCUT2D eigenvalue weighted by molar-refractivity contribution is 0.0348. The lowest BCUT2D eigenvalue weighted by Crippen LogP contribution is -2.46. The summed E-state index contributed by atoms with van der Waals surface area (Å²) in [7, 11) is -3.21. The molecular formula is C17H26FNO4S. The summed E-state index contributed by atoms with van der Waals surface area (Å²) < 4.78 is 49.7. The number of ether oxygens (including phenoxy) is 2. The van der Waals surface area contributed by atoms with Crippen molar-refractivity contribution < 1.29 is 22.3 Å². The topological polar surface area (TPSA) is 64.6 Å². The summed E-state index contributed by atoms with van der Waals surface area (Å²) in [5, 5.41) is 0. The Kier molecular flexibility index (Phi) is 7.01. The van der Waals surface area contributed by atoms with Gasteiger partial charge < -0.3 is 9.47 Å². The van der Waals surface area contributed by atoms with Crippen LogP contribution in [0.3, 0.4) is 0 Å². The maximum absolute atomic E-state index is 12.8. The van der Waals surface area contributed by atoms with Crippen LogP contribution >= 0.6 is 0 Å². The van der Waals surface area contributed by atoms with Crippen molar-refractivity contribution in [1.82, 2.24) is 4.72 Å². The molecule has 0 saturated carbocycles. The van der Waals surface area contributed by atoms with Gasteiger partial charge in [0, 0.05) is 19.6 Å². The summed E-state index contributed by atoms with van der Waals surface area (Å²) in [5.41, 5.74) is 1.11. The van der Waals surface area contributed by atoms with Gasteiger partial charge in [-0.25, -0.2) is 17.5 Å². The van der Waals surface area contributed by atoms with Gasteiger partial charge in [-0.15, -0.1) is 0 Å². The quantitative estimate of drug-likeness (QED) is 0.775. The molecule has 136 valence electrons. The number of nitrogens with one attached hydrogen (secondary N) is 1. The predicted molar refractivity (Wildman–Crippen MR) is 91.3 cm³/mol. The van der Waals surface area contributed by atoms with E-state index in [9.17, 15) is 12.8 Å². The number of alkyl halides is 1. The van der Waals surface area contributed by atoms with Crippen molar-refractivity contribution in [3.8, 4) is 5.75 Å². The molecule has 1 N–H and O–H groups in total. The minimum Gasteiger partial charge on any atom is -0.461 e. The number of halogens is 1. The Labute approximate surface area is 143 Å². The second kappa shape index (κ2) is 8.78. The fourth-order valence-corrected chi connectivity index (χ4v) is 3.76. The number of rotatable bonds is 8. The van der Waals surface area contributed by atoms with Gasteiger partial charge in [-0.3, -0.25) is 0 Å². The third-order valence-electron chi connectivity index (χ3n) is 4.21. The maximum Gasteiger partial charge on any atom is 0.235 e. The number of aryl methyl sites for hydroxylation is 1. The molecule has 0 amide bonds. The number of hydrogen-bond donors (Lipinski definition) is 1. The third-order valence-corrected chi connectivity index (χ3v) is 5.63. The van der Waals surface area contributed by atoms with Crippen LogP contribution in [0, 0.1) is 5.92 Å². The zero-order chi connectivity index (χ0) is 17.6. The highest BCUT2D eigenvalue weighted by Gasteiger charge is 2.28. The molecule has 0 spiro atoms. The fourth-order valence-electron chi connectivity index (χ4n) is 2.82. The summed E-state index contributed by atoms with van der Waals surface area (Å²) in [4.78, 5) is 0. The summed E-state index contributed by atoms with van der Waals surface area (Å²) in [6, 6.07) is 7.25. The Morgan fingerprint density at radius 1 is 1.38 bits per heavy atom. The molecule has 0 radical (unpaired) electrons. The Morgan fingerprint density at radius 3 is 2.71 bits per heavy atom. The van der Waals surface area contributed by atoms with Crippen molar-refractivity contribution in [2.45, 2.75) is 45.5 Å². The largest absolute Gasteiger partial charge is 0.461 e. The molecule has 3 atom stereocenters. The second-order valence-electron chi connectivity index (χ2n) is 6.09. The molecule has 0 bridgehead atoms. The molecule has 1 aliphatic rings. The normalized spacial score (nSPS) is 23.0. The van der Waals surface area contributed by atoms with Crippen molar-refractivity contribution in [3.05, 3.63) is 29.8 Å². The molecule has 1 aromatic carbocycles. The van der Waals surface area contributed by atoms with E-state index in [2.05, 4.69) is 4.72 Å². The molecule has 1 aliphatic heterocycles. The molecule has 2 unspecified atom stereocenters. The highest BCUT2D eigenvalue weighted by atomic mass is 32.2. The van der Waals surface area contributed by atoms with E-state index in [-0.39, 0.29) is 17.7 Å². The summed E-state index contributed by atoms with van der Waals surface area (Å²) in [5.74, 6) is 0.746. The Morgan fingerprint density at radius 2 is 2.08 bits per heavy atom. The Hall–Kier alpha value is -1.18. The maximum atomic E-state index is 12.8. The zero-order valence-corrected chi connectivity index (χ0v) is 15.0. The predicted octanol–water partition coefficient (Wildman–Crippen LogP) is 2.66. The highest BCUT2D eigenvalue weighted by Crippen LogP contribution is 2.22. The van der Waals surface area contributed by atoms with Crippen LogP contribution in [-0.4, -0.2) is 39.8 Å². The highest BCUT2D eigenvalue weighted by molar-refractivity contribution is 7.89. The number of sulfonamides is 1. The SMILES string of the molecule is CCS(=O)(=O)NC1CCOC[C@@H]1CCc1ccc(OC(C)F)cc1. The van der Waals surface area contributed by atoms with E-state index < -0.39 is 16.4 Å². The second-order valence-corrected chi connectivity index (χ2v) is 8.14. The lowest BCUT2D eigenvalue weighted by atomic mass is 9.90. The first kappa shape index (κ1) is 19.1. The molecule has 24 heavy (non-hydrogen) atoms. The average molecular weight is 359 g/mol. The van der Waals surface area contributed by atoms with Gasteiger partial charge >= 0.3 is 0 Å². The third kappa shape index (κ3) is 6.03. The van der Waals surface area contributed by atoms with E-state index >= 15 is 0 Å². The van der Waals surface area contributed by atoms with Crippen LogP contribution in [0.5, 0.6) is 5.75 Å². The van der Waals surface area contributed by atoms with Gasteiger partial charge in [-0.2, -0.15) is 0 Å². The van der Waals surface area contributed by atoms with Crippen molar-refractivity contribution in [2.75, 3.05) is 19.0 Å². The lowest BCUT2D eigenvalue weighted by Gasteiger charge is -2.32. The van der Waals surface area contributed by atoms with Crippen LogP contribution in [-0.2, 0) is 21.2 Å². The van der Waals surface area contributed by atoms with Crippen LogP contribution < -0.4 is 9.46 Å². The number of benzene rings is 1. The molecule has 2 rings (SSSR count). The van der Waals surface area contributed by atoms with E-state index in [1.165, 1.54) is 6.92 Å². The van der Waals surface area contributed by atoms with Crippen LogP contribution in [0.1, 0.15) is 32.3 Å². The average Bonchev–Trinajstić information content (AvgIpc) is 2.54. The summed E-state index contributed by atoms with van der Waals surface area (Å²) in [6.45, 7) is 4.13. The molecular weight excluding hydrogens is 333 g/mol. The molecule has 7 heteroatoms. The van der Waals surface area contributed by atoms with Crippen LogP contribution in [0.25, 0.3) is 0 Å². The van der Waals surface area contributed by atoms with Gasteiger partial charge in [0.25, 0.3) is 0 Å². The van der Waals surface area contributed by atoms with Crippen LogP contribution in [0.15, 0.2) is 24.3 Å². The van der Waals surface area contributed by atoms with Gasteiger partial charge in [0.05, 0.1) is 12.4 Å². The Bertz CT molecular complexity index is 604. The number of hydrogen-bond acceptors (Lipinski definition) is 4. The molecule has 5 nitrogen and oxygen atoms in total. The van der Waals surface area contributed by atoms with Crippen LogP contribution in [0.2, 0.25) is 0 Å². The van der Waals surface area contributed by atoms with E-state index in [0.717, 1.165) is 18.4 Å². The fraction of sp³-hybridized carbons (Fsp3) is 0.647. The molecule has 1 saturated heterocycles. The smallest absolute Gasteiger partial charge is 0.235 e. The molecule has 0 aliphatic carbocycles. The van der Waals surface area contributed by atoms with Gasteiger partial charge in [0.2, 0.25) is 16.4 Å². The monoisotopic (exact) mass is 359 g/mol. The van der Waals surface area contributed by atoms with Crippen molar-refractivity contribution in [1.29, 1.82) is 0 Å². The first-order valence-electron chi connectivity index (χ1n) is 8.37. The molecule has 0 aromatic heterocycles. The first-order chi connectivity index (χ1) is 11.4. The zero-order valence-electron chi connectivity index (χ0n) is 14.2. The van der Waals surface area contributed by atoms with Gasteiger partial charge in [-0.1, -0.05) is 12.1 Å². The summed E-state index contributed by atoms with van der Waals surface area (Å²) >= 11 is 0. The van der Waals surface area contributed by atoms with E-state index in [0.29, 0.717) is 25.4 Å². The Balaban J connectivity index is 1.91. The molecule has 1 heterocycles. The van der Waals surface area contributed by atoms with Crippen molar-refractivity contribution in [3.63, 3.8) is 0 Å². The van der Waals surface area contributed by atoms with Gasteiger partial charge in [0.1, 0.15) is 5.75 Å². The van der Waals surface area contributed by atoms with Gasteiger partial charge in [0.15, 0.2) is 0 Å². The molecule has 1 aromatic rings. The van der Waals surface area contributed by atoms with E-state index in [1.54, 1.807) is 19.1 Å².